The summed E-state index contributed by atoms with van der Waals surface area (Å²) < 4.78 is 4.90. The molecule has 13 heavy (non-hydrogen) atoms. The van der Waals surface area contributed by atoms with E-state index in [9.17, 15) is 9.59 Å². The smallest absolute Gasteiger partial charge is 0.408 e. The second kappa shape index (κ2) is 3.61. The number of nitrogens with zero attached hydrogens (tertiary/aromatic N) is 1. The number of rotatable bonds is 2. The van der Waals surface area contributed by atoms with E-state index in [1.54, 1.807) is 0 Å². The molecule has 0 radical (unpaired) electrons. The van der Waals surface area contributed by atoms with E-state index < -0.39 is 18.1 Å². The van der Waals surface area contributed by atoms with E-state index in [0.29, 0.717) is 0 Å². The number of carboxylic acids is 1. The van der Waals surface area contributed by atoms with Gasteiger partial charge in [0, 0.05) is 13.5 Å². The van der Waals surface area contributed by atoms with Gasteiger partial charge in [0.2, 0.25) is 0 Å². The second-order valence-corrected chi connectivity index (χ2v) is 2.88. The van der Waals surface area contributed by atoms with E-state index in [4.69, 9.17) is 14.9 Å². The molecule has 1 fully saturated rings. The molecule has 0 bridgehead atoms. The molecular formula is C7H11NO5. The van der Waals surface area contributed by atoms with Gasteiger partial charge in [-0.25, -0.2) is 9.59 Å². The molecule has 0 aromatic carbocycles. The Hall–Kier alpha value is -1.30. The fourth-order valence-electron chi connectivity index (χ4n) is 1.41. The van der Waals surface area contributed by atoms with Crippen LogP contribution in [0.1, 0.15) is 6.42 Å². The Bertz CT molecular complexity index is 207. The summed E-state index contributed by atoms with van der Waals surface area (Å²) in [5.74, 6) is -1.12. The van der Waals surface area contributed by atoms with Crippen molar-refractivity contribution in [2.75, 3.05) is 13.7 Å². The van der Waals surface area contributed by atoms with Crippen molar-refractivity contribution >= 4 is 12.1 Å². The van der Waals surface area contributed by atoms with Gasteiger partial charge in [0.25, 0.3) is 0 Å². The molecule has 0 spiro atoms. The average Bonchev–Trinajstić information content (AvgIpc) is 2.47. The lowest BCUT2D eigenvalue weighted by Crippen LogP contribution is -2.39. The summed E-state index contributed by atoms with van der Waals surface area (Å²) in [6.45, 7) is 0.128. The number of likely N-dealkylation sites (tertiary alicyclic amines) is 1. The van der Waals surface area contributed by atoms with Crippen molar-refractivity contribution in [3.05, 3.63) is 0 Å². The Morgan fingerprint density at radius 2 is 2.08 bits per heavy atom. The third-order valence-corrected chi connectivity index (χ3v) is 2.13. The monoisotopic (exact) mass is 189 g/mol. The molecule has 1 amide bonds. The highest BCUT2D eigenvalue weighted by molar-refractivity contribution is 5.80. The Labute approximate surface area is 74.7 Å². The molecule has 74 valence electrons. The molecule has 1 aliphatic rings. The normalized spacial score (nSPS) is 27.6. The number of amides is 1. The lowest BCUT2D eigenvalue weighted by Gasteiger charge is -2.16. The summed E-state index contributed by atoms with van der Waals surface area (Å²) in [6.07, 6.45) is -1.30. The number of ether oxygens (including phenoxy) is 1. The summed E-state index contributed by atoms with van der Waals surface area (Å²) >= 11 is 0. The zero-order valence-electron chi connectivity index (χ0n) is 7.14. The van der Waals surface area contributed by atoms with Gasteiger partial charge in [-0.05, 0) is 0 Å². The third kappa shape index (κ3) is 1.89. The van der Waals surface area contributed by atoms with Crippen molar-refractivity contribution in [1.82, 2.24) is 4.90 Å². The quantitative estimate of drug-likeness (QED) is 0.630. The number of hydrogen-bond donors (Lipinski definition) is 2. The number of aliphatic carboxylic acids is 1. The maximum Gasteiger partial charge on any atom is 0.408 e. The van der Waals surface area contributed by atoms with Gasteiger partial charge < -0.3 is 14.9 Å². The maximum atomic E-state index is 10.6. The first-order valence-electron chi connectivity index (χ1n) is 3.81. The first-order chi connectivity index (χ1) is 6.06. The summed E-state index contributed by atoms with van der Waals surface area (Å²) in [4.78, 5) is 22.1. The van der Waals surface area contributed by atoms with E-state index in [0.717, 1.165) is 4.90 Å². The molecule has 0 aliphatic carbocycles. The van der Waals surface area contributed by atoms with Crippen molar-refractivity contribution in [2.24, 2.45) is 0 Å². The van der Waals surface area contributed by atoms with Crippen molar-refractivity contribution < 1.29 is 24.5 Å². The van der Waals surface area contributed by atoms with Crippen LogP contribution < -0.4 is 0 Å². The van der Waals surface area contributed by atoms with Crippen molar-refractivity contribution in [3.8, 4) is 0 Å². The molecule has 1 heterocycles. The number of carboxylic acid groups (broad SMARTS) is 2. The Balaban J connectivity index is 2.71. The molecule has 1 saturated heterocycles. The molecule has 1 rings (SSSR count). The van der Waals surface area contributed by atoms with Crippen LogP contribution in [0.5, 0.6) is 0 Å². The van der Waals surface area contributed by atoms with Crippen LogP contribution in [-0.2, 0) is 9.53 Å². The first-order valence-corrected chi connectivity index (χ1v) is 3.81. The lowest BCUT2D eigenvalue weighted by atomic mass is 10.2. The minimum absolute atomic E-state index is 0.128. The topological polar surface area (TPSA) is 87.1 Å². The first kappa shape index (κ1) is 9.79. The highest BCUT2D eigenvalue weighted by Crippen LogP contribution is 2.19. The van der Waals surface area contributed by atoms with Crippen molar-refractivity contribution in [2.45, 2.75) is 18.6 Å². The molecule has 2 N–H and O–H groups in total. The minimum atomic E-state index is -1.22. The van der Waals surface area contributed by atoms with Gasteiger partial charge in [-0.2, -0.15) is 0 Å². The van der Waals surface area contributed by atoms with Crippen molar-refractivity contribution in [3.63, 3.8) is 0 Å². The van der Waals surface area contributed by atoms with Gasteiger partial charge in [-0.1, -0.05) is 0 Å². The van der Waals surface area contributed by atoms with Crippen LogP contribution in [0.25, 0.3) is 0 Å². The molecule has 2 atom stereocenters. The number of carbonyl (C=O) groups is 2. The van der Waals surface area contributed by atoms with Gasteiger partial charge in [0.15, 0.2) is 0 Å². The molecule has 0 aromatic heterocycles. The van der Waals surface area contributed by atoms with Gasteiger partial charge in [-0.3, -0.25) is 4.90 Å². The van der Waals surface area contributed by atoms with Crippen LogP contribution in [0.2, 0.25) is 0 Å². The fourth-order valence-corrected chi connectivity index (χ4v) is 1.41. The Kier molecular flexibility index (Phi) is 2.72. The van der Waals surface area contributed by atoms with Crippen LogP contribution >= 0.6 is 0 Å². The third-order valence-electron chi connectivity index (χ3n) is 2.13. The average molecular weight is 189 g/mol. The van der Waals surface area contributed by atoms with E-state index in [1.165, 1.54) is 7.11 Å². The van der Waals surface area contributed by atoms with Gasteiger partial charge in [0.1, 0.15) is 6.04 Å². The summed E-state index contributed by atoms with van der Waals surface area (Å²) in [5, 5.41) is 17.3. The molecule has 6 heteroatoms. The number of methoxy groups -OCH3 is 1. The summed E-state index contributed by atoms with van der Waals surface area (Å²) in [6, 6.07) is -0.970. The Morgan fingerprint density at radius 1 is 1.46 bits per heavy atom. The van der Waals surface area contributed by atoms with Gasteiger partial charge in [0.05, 0.1) is 12.6 Å². The zero-order valence-corrected chi connectivity index (χ0v) is 7.14. The molecule has 6 nitrogen and oxygen atoms in total. The predicted molar refractivity (Wildman–Crippen MR) is 41.6 cm³/mol. The molecule has 0 aromatic rings. The highest BCUT2D eigenvalue weighted by atomic mass is 16.5. The van der Waals surface area contributed by atoms with E-state index in [1.807, 2.05) is 0 Å². The number of hydrogen-bond acceptors (Lipinski definition) is 3. The van der Waals surface area contributed by atoms with Crippen LogP contribution in [0.15, 0.2) is 0 Å². The second-order valence-electron chi connectivity index (χ2n) is 2.88. The fraction of sp³-hybridized carbons (Fsp3) is 0.714. The van der Waals surface area contributed by atoms with Crippen LogP contribution in [0, 0.1) is 0 Å². The largest absolute Gasteiger partial charge is 0.480 e. The summed E-state index contributed by atoms with van der Waals surface area (Å²) in [7, 11) is 1.44. The van der Waals surface area contributed by atoms with E-state index in [2.05, 4.69) is 0 Å². The summed E-state index contributed by atoms with van der Waals surface area (Å²) in [5.41, 5.74) is 0. The van der Waals surface area contributed by atoms with Crippen molar-refractivity contribution in [1.29, 1.82) is 0 Å². The van der Waals surface area contributed by atoms with Gasteiger partial charge in [-0.15, -0.1) is 0 Å². The molecule has 1 unspecified atom stereocenters. The van der Waals surface area contributed by atoms with E-state index >= 15 is 0 Å². The van der Waals surface area contributed by atoms with Crippen LogP contribution in [-0.4, -0.2) is 53.0 Å². The minimum Gasteiger partial charge on any atom is -0.480 e. The molecular weight excluding hydrogens is 178 g/mol. The van der Waals surface area contributed by atoms with Crippen LogP contribution in [0.4, 0.5) is 4.79 Å². The lowest BCUT2D eigenvalue weighted by molar-refractivity contribution is -0.141. The molecule has 1 aliphatic heterocycles. The highest BCUT2D eigenvalue weighted by Gasteiger charge is 2.39. The SMILES string of the molecule is CO[C@@H]1CC(C(=O)O)N(C(=O)O)C1. The van der Waals surface area contributed by atoms with E-state index in [-0.39, 0.29) is 19.1 Å². The van der Waals surface area contributed by atoms with Crippen LogP contribution in [0.3, 0.4) is 0 Å². The predicted octanol–water partition coefficient (Wildman–Crippen LogP) is -0.162. The van der Waals surface area contributed by atoms with Gasteiger partial charge >= 0.3 is 12.1 Å². The Morgan fingerprint density at radius 3 is 2.38 bits per heavy atom. The maximum absolute atomic E-state index is 10.6. The standard InChI is InChI=1S/C7H11NO5/c1-13-4-2-5(6(9)10)8(3-4)7(11)12/h4-5H,2-3H2,1H3,(H,9,10)(H,11,12)/t4-,5?/m1/s1. The zero-order chi connectivity index (χ0) is 10.0. The molecule has 0 saturated carbocycles.